The lowest BCUT2D eigenvalue weighted by atomic mass is 10.1. The molecule has 1 rings (SSSR count). The Labute approximate surface area is 116 Å². The number of hydrogen-bond donors (Lipinski definition) is 0. The van der Waals surface area contributed by atoms with Gasteiger partial charge in [-0.3, -0.25) is 0 Å². The fourth-order valence-corrected chi connectivity index (χ4v) is 1.82. The summed E-state index contributed by atoms with van der Waals surface area (Å²) >= 11 is 0. The van der Waals surface area contributed by atoms with Gasteiger partial charge in [0, 0.05) is 0 Å². The van der Waals surface area contributed by atoms with Crippen LogP contribution in [-0.4, -0.2) is 18.2 Å². The fraction of sp³-hybridized carbons (Fsp3) is 0.533. The van der Waals surface area contributed by atoms with E-state index in [9.17, 15) is 18.0 Å². The minimum atomic E-state index is -4.52. The Morgan fingerprint density at radius 1 is 1.15 bits per heavy atom. The quantitative estimate of drug-likeness (QED) is 0.535. The first-order valence-corrected chi connectivity index (χ1v) is 6.78. The molecule has 0 spiro atoms. The minimum absolute atomic E-state index is 0.135. The van der Waals surface area contributed by atoms with Crippen LogP contribution < -0.4 is 0 Å². The molecule has 0 N–H and O–H groups in total. The molecule has 1 atom stereocenters. The van der Waals surface area contributed by atoms with Crippen molar-refractivity contribution in [2.24, 2.45) is 0 Å². The Hall–Kier alpha value is -1.52. The van der Waals surface area contributed by atoms with Gasteiger partial charge in [-0.2, -0.15) is 13.2 Å². The van der Waals surface area contributed by atoms with E-state index in [-0.39, 0.29) is 12.0 Å². The van der Waals surface area contributed by atoms with Crippen LogP contribution in [0.3, 0.4) is 0 Å². The monoisotopic (exact) mass is 288 g/mol. The minimum Gasteiger partial charge on any atom is -0.449 e. The Balaban J connectivity index is 2.59. The Morgan fingerprint density at radius 3 is 2.35 bits per heavy atom. The summed E-state index contributed by atoms with van der Waals surface area (Å²) in [6.45, 7) is 1.98. The van der Waals surface area contributed by atoms with Crippen molar-refractivity contribution in [3.05, 3.63) is 35.9 Å². The average molecular weight is 288 g/mol. The van der Waals surface area contributed by atoms with Gasteiger partial charge in [0.25, 0.3) is 0 Å². The summed E-state index contributed by atoms with van der Waals surface area (Å²) in [5.41, 5.74) is 0.135. The van der Waals surface area contributed by atoms with Crippen molar-refractivity contribution >= 4 is 5.97 Å². The summed E-state index contributed by atoms with van der Waals surface area (Å²) in [6.07, 6.45) is -3.77. The molecule has 0 saturated heterocycles. The lowest BCUT2D eigenvalue weighted by Crippen LogP contribution is -2.33. The summed E-state index contributed by atoms with van der Waals surface area (Å²) in [5.74, 6) is -0.927. The predicted molar refractivity (Wildman–Crippen MR) is 70.5 cm³/mol. The first kappa shape index (κ1) is 16.5. The van der Waals surface area contributed by atoms with Gasteiger partial charge in [-0.05, 0) is 25.0 Å². The highest BCUT2D eigenvalue weighted by Crippen LogP contribution is 2.28. The third-order valence-corrected chi connectivity index (χ3v) is 2.94. The number of rotatable bonds is 7. The SMILES string of the molecule is CCCCCC[C@H](OC(=O)c1ccccc1)C(F)(F)F. The summed E-state index contributed by atoms with van der Waals surface area (Å²) in [5, 5.41) is 0. The smallest absolute Gasteiger partial charge is 0.425 e. The number of carbonyl (C=O) groups excluding carboxylic acids is 1. The third-order valence-electron chi connectivity index (χ3n) is 2.94. The van der Waals surface area contributed by atoms with Crippen LogP contribution in [0.15, 0.2) is 30.3 Å². The van der Waals surface area contributed by atoms with E-state index in [4.69, 9.17) is 0 Å². The molecule has 5 heteroatoms. The Bertz CT molecular complexity index is 401. The highest BCUT2D eigenvalue weighted by atomic mass is 19.4. The normalized spacial score (nSPS) is 13.0. The largest absolute Gasteiger partial charge is 0.449 e. The van der Waals surface area contributed by atoms with Gasteiger partial charge >= 0.3 is 12.1 Å². The third kappa shape index (κ3) is 5.63. The molecule has 0 aliphatic heterocycles. The maximum atomic E-state index is 12.8. The van der Waals surface area contributed by atoms with Gasteiger partial charge < -0.3 is 4.74 Å². The molecule has 0 saturated carbocycles. The van der Waals surface area contributed by atoms with Crippen LogP contribution in [0, 0.1) is 0 Å². The molecule has 2 nitrogen and oxygen atoms in total. The molecule has 0 radical (unpaired) electrons. The van der Waals surface area contributed by atoms with Crippen LogP contribution in [0.1, 0.15) is 49.4 Å². The van der Waals surface area contributed by atoms with Crippen molar-refractivity contribution in [1.29, 1.82) is 0 Å². The molecular formula is C15H19F3O2. The van der Waals surface area contributed by atoms with Crippen LogP contribution in [0.4, 0.5) is 13.2 Å². The molecule has 0 aromatic heterocycles. The van der Waals surface area contributed by atoms with Crippen molar-refractivity contribution < 1.29 is 22.7 Å². The first-order chi connectivity index (χ1) is 9.45. The molecule has 0 bridgehead atoms. The van der Waals surface area contributed by atoms with Crippen molar-refractivity contribution in [2.45, 2.75) is 51.3 Å². The molecule has 1 aromatic rings. The number of hydrogen-bond acceptors (Lipinski definition) is 2. The molecular weight excluding hydrogens is 269 g/mol. The molecule has 0 amide bonds. The Kier molecular flexibility index (Phi) is 6.55. The molecule has 0 unspecified atom stereocenters. The van der Waals surface area contributed by atoms with Gasteiger partial charge in [0.15, 0.2) is 6.10 Å². The lowest BCUT2D eigenvalue weighted by molar-refractivity contribution is -0.206. The van der Waals surface area contributed by atoms with Crippen LogP contribution >= 0.6 is 0 Å². The molecule has 0 aliphatic carbocycles. The van der Waals surface area contributed by atoms with E-state index < -0.39 is 18.2 Å². The van der Waals surface area contributed by atoms with Crippen molar-refractivity contribution in [2.75, 3.05) is 0 Å². The topological polar surface area (TPSA) is 26.3 Å². The number of alkyl halides is 3. The number of carbonyl (C=O) groups is 1. The fourth-order valence-electron chi connectivity index (χ4n) is 1.82. The standard InChI is InChI=1S/C15H19F3O2/c1-2-3-4-8-11-13(15(16,17)18)20-14(19)12-9-6-5-7-10-12/h5-7,9-10,13H,2-4,8,11H2,1H3/t13-/m0/s1. The second kappa shape index (κ2) is 7.92. The summed E-state index contributed by atoms with van der Waals surface area (Å²) in [7, 11) is 0. The van der Waals surface area contributed by atoms with E-state index in [0.29, 0.717) is 12.8 Å². The van der Waals surface area contributed by atoms with Crippen molar-refractivity contribution in [3.63, 3.8) is 0 Å². The summed E-state index contributed by atoms with van der Waals surface area (Å²) in [4.78, 5) is 11.7. The zero-order chi connectivity index (χ0) is 15.0. The number of ether oxygens (including phenoxy) is 1. The van der Waals surface area contributed by atoms with E-state index in [1.807, 2.05) is 6.92 Å². The van der Waals surface area contributed by atoms with Crippen molar-refractivity contribution in [1.82, 2.24) is 0 Å². The maximum absolute atomic E-state index is 12.8. The van der Waals surface area contributed by atoms with Gasteiger partial charge in [-0.25, -0.2) is 4.79 Å². The van der Waals surface area contributed by atoms with Crippen LogP contribution in [0.2, 0.25) is 0 Å². The molecule has 1 aromatic carbocycles. The average Bonchev–Trinajstić information content (AvgIpc) is 2.42. The molecule has 20 heavy (non-hydrogen) atoms. The summed E-state index contributed by atoms with van der Waals surface area (Å²) in [6, 6.07) is 7.73. The Morgan fingerprint density at radius 2 is 1.80 bits per heavy atom. The van der Waals surface area contributed by atoms with E-state index in [1.165, 1.54) is 12.1 Å². The van der Waals surface area contributed by atoms with Gasteiger partial charge in [0.2, 0.25) is 0 Å². The molecule has 0 fully saturated rings. The van der Waals surface area contributed by atoms with E-state index in [0.717, 1.165) is 12.8 Å². The van der Waals surface area contributed by atoms with Gasteiger partial charge in [-0.1, -0.05) is 44.4 Å². The second-order valence-corrected chi connectivity index (χ2v) is 4.65. The zero-order valence-electron chi connectivity index (χ0n) is 11.5. The van der Waals surface area contributed by atoms with E-state index in [2.05, 4.69) is 4.74 Å². The number of unbranched alkanes of at least 4 members (excludes halogenated alkanes) is 3. The molecule has 0 aliphatic rings. The van der Waals surface area contributed by atoms with Gasteiger partial charge in [0.05, 0.1) is 5.56 Å². The first-order valence-electron chi connectivity index (χ1n) is 6.78. The van der Waals surface area contributed by atoms with Gasteiger partial charge in [-0.15, -0.1) is 0 Å². The van der Waals surface area contributed by atoms with Crippen LogP contribution in [0.25, 0.3) is 0 Å². The molecule has 0 heterocycles. The number of halogens is 3. The van der Waals surface area contributed by atoms with Gasteiger partial charge in [0.1, 0.15) is 0 Å². The van der Waals surface area contributed by atoms with E-state index >= 15 is 0 Å². The predicted octanol–water partition coefficient (Wildman–Crippen LogP) is 4.74. The van der Waals surface area contributed by atoms with Crippen LogP contribution in [0.5, 0.6) is 0 Å². The number of benzene rings is 1. The zero-order valence-corrected chi connectivity index (χ0v) is 11.5. The second-order valence-electron chi connectivity index (χ2n) is 4.65. The van der Waals surface area contributed by atoms with Crippen molar-refractivity contribution in [3.8, 4) is 0 Å². The lowest BCUT2D eigenvalue weighted by Gasteiger charge is -2.20. The molecule has 112 valence electrons. The highest BCUT2D eigenvalue weighted by Gasteiger charge is 2.42. The van der Waals surface area contributed by atoms with Crippen LogP contribution in [-0.2, 0) is 4.74 Å². The van der Waals surface area contributed by atoms with E-state index in [1.54, 1.807) is 18.2 Å². The number of esters is 1. The summed E-state index contributed by atoms with van der Waals surface area (Å²) < 4.78 is 43.1. The maximum Gasteiger partial charge on any atom is 0.425 e. The highest BCUT2D eigenvalue weighted by molar-refractivity contribution is 5.89.